The summed E-state index contributed by atoms with van der Waals surface area (Å²) < 4.78 is 5.69. The summed E-state index contributed by atoms with van der Waals surface area (Å²) in [6.45, 7) is 5.25. The van der Waals surface area contributed by atoms with Crippen LogP contribution in [0.4, 0.5) is 5.13 Å². The lowest BCUT2D eigenvalue weighted by Gasteiger charge is -2.07. The second-order valence-electron chi connectivity index (χ2n) is 3.73. The SMILES string of the molecule is CCNc1nnc(COc2ccc(Cl)cc2C)s1. The van der Waals surface area contributed by atoms with Crippen molar-refractivity contribution in [3.63, 3.8) is 0 Å². The molecule has 0 unspecified atom stereocenters. The highest BCUT2D eigenvalue weighted by atomic mass is 35.5. The number of rotatable bonds is 5. The van der Waals surface area contributed by atoms with E-state index < -0.39 is 0 Å². The van der Waals surface area contributed by atoms with Gasteiger partial charge in [-0.1, -0.05) is 22.9 Å². The minimum atomic E-state index is 0.422. The van der Waals surface area contributed by atoms with Crippen LogP contribution in [0.15, 0.2) is 18.2 Å². The van der Waals surface area contributed by atoms with Crippen molar-refractivity contribution < 1.29 is 4.74 Å². The molecule has 2 aromatic rings. The van der Waals surface area contributed by atoms with Gasteiger partial charge in [-0.05, 0) is 37.6 Å². The molecule has 96 valence electrons. The van der Waals surface area contributed by atoms with Crippen molar-refractivity contribution in [3.8, 4) is 5.75 Å². The molecule has 0 saturated carbocycles. The third kappa shape index (κ3) is 3.34. The molecule has 0 aliphatic heterocycles. The standard InChI is InChI=1S/C12H14ClN3OS/c1-3-14-12-16-15-11(18-12)7-17-10-5-4-9(13)6-8(10)2/h4-6H,3,7H2,1-2H3,(H,14,16). The highest BCUT2D eigenvalue weighted by Gasteiger charge is 2.05. The minimum absolute atomic E-state index is 0.422. The molecule has 0 fully saturated rings. The molecule has 1 heterocycles. The number of ether oxygens (including phenoxy) is 1. The molecular weight excluding hydrogens is 270 g/mol. The van der Waals surface area contributed by atoms with E-state index in [2.05, 4.69) is 15.5 Å². The molecule has 4 nitrogen and oxygen atoms in total. The molecule has 0 spiro atoms. The summed E-state index contributed by atoms with van der Waals surface area (Å²) in [7, 11) is 0. The molecule has 6 heteroatoms. The summed E-state index contributed by atoms with van der Waals surface area (Å²) >= 11 is 7.39. The van der Waals surface area contributed by atoms with E-state index in [9.17, 15) is 0 Å². The van der Waals surface area contributed by atoms with Crippen LogP contribution in [-0.2, 0) is 6.61 Å². The largest absolute Gasteiger partial charge is 0.486 e. The molecule has 0 amide bonds. The van der Waals surface area contributed by atoms with Gasteiger partial charge in [0.15, 0.2) is 5.01 Å². The van der Waals surface area contributed by atoms with Crippen LogP contribution < -0.4 is 10.1 Å². The summed E-state index contributed by atoms with van der Waals surface area (Å²) in [6, 6.07) is 5.55. The summed E-state index contributed by atoms with van der Waals surface area (Å²) in [5, 5.41) is 13.6. The molecule has 1 N–H and O–H groups in total. The number of benzene rings is 1. The third-order valence-corrected chi connectivity index (χ3v) is 3.37. The van der Waals surface area contributed by atoms with E-state index in [1.54, 1.807) is 0 Å². The molecular formula is C12H14ClN3OS. The first-order valence-electron chi connectivity index (χ1n) is 5.64. The van der Waals surface area contributed by atoms with Crippen LogP contribution in [0.25, 0.3) is 0 Å². The number of anilines is 1. The average molecular weight is 284 g/mol. The fourth-order valence-electron chi connectivity index (χ4n) is 1.45. The maximum absolute atomic E-state index is 5.89. The van der Waals surface area contributed by atoms with Crippen molar-refractivity contribution in [2.75, 3.05) is 11.9 Å². The van der Waals surface area contributed by atoms with Gasteiger partial charge < -0.3 is 10.1 Å². The Bertz CT molecular complexity index is 530. The summed E-state index contributed by atoms with van der Waals surface area (Å²) in [5.41, 5.74) is 1.01. The van der Waals surface area contributed by atoms with Crippen LogP contribution in [0.1, 0.15) is 17.5 Å². The quantitative estimate of drug-likeness (QED) is 0.912. The van der Waals surface area contributed by atoms with Crippen LogP contribution in [0, 0.1) is 6.92 Å². The topological polar surface area (TPSA) is 47.0 Å². The maximum Gasteiger partial charge on any atom is 0.205 e. The highest BCUT2D eigenvalue weighted by molar-refractivity contribution is 7.15. The molecule has 0 radical (unpaired) electrons. The van der Waals surface area contributed by atoms with Crippen molar-refractivity contribution >= 4 is 28.1 Å². The van der Waals surface area contributed by atoms with Crippen molar-refractivity contribution in [1.82, 2.24) is 10.2 Å². The second kappa shape index (κ2) is 6.02. The van der Waals surface area contributed by atoms with Crippen molar-refractivity contribution in [1.29, 1.82) is 0 Å². The zero-order chi connectivity index (χ0) is 13.0. The number of aromatic nitrogens is 2. The van der Waals surface area contributed by atoms with Gasteiger partial charge in [0.1, 0.15) is 12.4 Å². The van der Waals surface area contributed by atoms with Crippen LogP contribution in [0.2, 0.25) is 5.02 Å². The van der Waals surface area contributed by atoms with E-state index in [4.69, 9.17) is 16.3 Å². The smallest absolute Gasteiger partial charge is 0.205 e. The van der Waals surface area contributed by atoms with Gasteiger partial charge in [0.25, 0.3) is 0 Å². The highest BCUT2D eigenvalue weighted by Crippen LogP contribution is 2.23. The van der Waals surface area contributed by atoms with E-state index >= 15 is 0 Å². The predicted molar refractivity (Wildman–Crippen MR) is 74.6 cm³/mol. The van der Waals surface area contributed by atoms with Gasteiger partial charge >= 0.3 is 0 Å². The normalized spacial score (nSPS) is 10.4. The molecule has 1 aromatic carbocycles. The molecule has 18 heavy (non-hydrogen) atoms. The van der Waals surface area contributed by atoms with E-state index in [-0.39, 0.29) is 0 Å². The fraction of sp³-hybridized carbons (Fsp3) is 0.333. The van der Waals surface area contributed by atoms with Crippen LogP contribution in [0.3, 0.4) is 0 Å². The lowest BCUT2D eigenvalue weighted by atomic mass is 10.2. The van der Waals surface area contributed by atoms with E-state index in [0.717, 1.165) is 28.0 Å². The first-order valence-corrected chi connectivity index (χ1v) is 6.83. The monoisotopic (exact) mass is 283 g/mol. The number of aryl methyl sites for hydroxylation is 1. The fourth-order valence-corrected chi connectivity index (χ4v) is 2.40. The Morgan fingerprint density at radius 2 is 2.22 bits per heavy atom. The Labute approximate surface area is 115 Å². The number of hydrogen-bond donors (Lipinski definition) is 1. The lowest BCUT2D eigenvalue weighted by Crippen LogP contribution is -1.96. The lowest BCUT2D eigenvalue weighted by molar-refractivity contribution is 0.302. The average Bonchev–Trinajstić information content (AvgIpc) is 2.76. The summed E-state index contributed by atoms with van der Waals surface area (Å²) in [6.07, 6.45) is 0. The Hall–Kier alpha value is -1.33. The molecule has 1 aromatic heterocycles. The first-order chi connectivity index (χ1) is 8.69. The van der Waals surface area contributed by atoms with Gasteiger partial charge in [-0.2, -0.15) is 0 Å². The van der Waals surface area contributed by atoms with Gasteiger partial charge in [-0.3, -0.25) is 0 Å². The predicted octanol–water partition coefficient (Wildman–Crippen LogP) is 3.51. The number of hydrogen-bond acceptors (Lipinski definition) is 5. The van der Waals surface area contributed by atoms with Gasteiger partial charge in [-0.15, -0.1) is 10.2 Å². The van der Waals surface area contributed by atoms with Gasteiger partial charge in [0.05, 0.1) is 0 Å². The first kappa shape index (κ1) is 13.1. The number of halogens is 1. The van der Waals surface area contributed by atoms with Gasteiger partial charge in [-0.25, -0.2) is 0 Å². The van der Waals surface area contributed by atoms with Crippen molar-refractivity contribution in [2.45, 2.75) is 20.5 Å². The number of nitrogens with zero attached hydrogens (tertiary/aromatic N) is 2. The van der Waals surface area contributed by atoms with Crippen molar-refractivity contribution in [2.24, 2.45) is 0 Å². The van der Waals surface area contributed by atoms with E-state index in [1.807, 2.05) is 32.0 Å². The summed E-state index contributed by atoms with van der Waals surface area (Å²) in [5.74, 6) is 0.819. The zero-order valence-corrected chi connectivity index (χ0v) is 11.8. The van der Waals surface area contributed by atoms with Gasteiger partial charge in [0.2, 0.25) is 5.13 Å². The van der Waals surface area contributed by atoms with Crippen LogP contribution in [-0.4, -0.2) is 16.7 Å². The van der Waals surface area contributed by atoms with Crippen LogP contribution >= 0.6 is 22.9 Å². The number of nitrogens with one attached hydrogen (secondary N) is 1. The van der Waals surface area contributed by atoms with E-state index in [1.165, 1.54) is 11.3 Å². The third-order valence-electron chi connectivity index (χ3n) is 2.28. The van der Waals surface area contributed by atoms with Gasteiger partial charge in [0, 0.05) is 11.6 Å². The molecule has 0 bridgehead atoms. The Balaban J connectivity index is 1.97. The molecule has 0 saturated heterocycles. The molecule has 2 rings (SSSR count). The Kier molecular flexibility index (Phi) is 4.38. The van der Waals surface area contributed by atoms with Crippen molar-refractivity contribution in [3.05, 3.63) is 33.8 Å². The molecule has 0 aliphatic carbocycles. The Morgan fingerprint density at radius 3 is 2.94 bits per heavy atom. The van der Waals surface area contributed by atoms with Crippen LogP contribution in [0.5, 0.6) is 5.75 Å². The maximum atomic E-state index is 5.89. The molecule has 0 atom stereocenters. The molecule has 0 aliphatic rings. The summed E-state index contributed by atoms with van der Waals surface area (Å²) in [4.78, 5) is 0. The zero-order valence-electron chi connectivity index (χ0n) is 10.2. The minimum Gasteiger partial charge on any atom is -0.486 e. The van der Waals surface area contributed by atoms with E-state index in [0.29, 0.717) is 11.6 Å². The second-order valence-corrected chi connectivity index (χ2v) is 5.23. The Morgan fingerprint density at radius 1 is 1.39 bits per heavy atom.